The van der Waals surface area contributed by atoms with Gasteiger partial charge in [0.1, 0.15) is 0 Å². The summed E-state index contributed by atoms with van der Waals surface area (Å²) in [6.07, 6.45) is 0.711. The van der Waals surface area contributed by atoms with E-state index >= 15 is 0 Å². The van der Waals surface area contributed by atoms with Crippen molar-refractivity contribution in [2.45, 2.75) is 6.92 Å². The van der Waals surface area contributed by atoms with Gasteiger partial charge in [-0.05, 0) is 6.92 Å². The van der Waals surface area contributed by atoms with E-state index in [1.54, 1.807) is 19.0 Å². The smallest absolute Gasteiger partial charge is 0.188 e. The zero-order valence-corrected chi connectivity index (χ0v) is 6.59. The number of carbonyl (C=O) groups excluding carboxylic acids is 1. The number of nitrogens with one attached hydrogen (secondary N) is 1. The van der Waals surface area contributed by atoms with Gasteiger partial charge >= 0.3 is 0 Å². The second-order valence-corrected chi connectivity index (χ2v) is 1.99. The van der Waals surface area contributed by atoms with Gasteiger partial charge in [0.05, 0.1) is 0 Å². The van der Waals surface area contributed by atoms with Crippen molar-refractivity contribution in [2.24, 2.45) is 5.10 Å². The Balaban J connectivity index is 3.91. The van der Waals surface area contributed by atoms with Gasteiger partial charge in [-0.3, -0.25) is 4.79 Å². The molecule has 58 valence electrons. The van der Waals surface area contributed by atoms with E-state index in [1.807, 2.05) is 6.92 Å². The second kappa shape index (κ2) is 4.78. The average molecular weight is 143 g/mol. The SMILES string of the molecule is CCN/N=C(\C=O)N(C)C. The van der Waals surface area contributed by atoms with Crippen LogP contribution in [-0.4, -0.2) is 37.7 Å². The Labute approximate surface area is 60.9 Å². The van der Waals surface area contributed by atoms with Gasteiger partial charge in [-0.2, -0.15) is 5.10 Å². The number of hydrogen-bond donors (Lipinski definition) is 1. The van der Waals surface area contributed by atoms with Crippen molar-refractivity contribution in [2.75, 3.05) is 20.6 Å². The first-order valence-electron chi connectivity index (χ1n) is 3.15. The molecule has 0 aromatic rings. The lowest BCUT2D eigenvalue weighted by Gasteiger charge is -2.08. The topological polar surface area (TPSA) is 44.7 Å². The van der Waals surface area contributed by atoms with Gasteiger partial charge in [0.2, 0.25) is 0 Å². The van der Waals surface area contributed by atoms with Crippen molar-refractivity contribution < 1.29 is 4.79 Å². The Bertz CT molecular complexity index is 131. The molecule has 0 saturated heterocycles. The molecule has 4 heteroatoms. The highest BCUT2D eigenvalue weighted by molar-refractivity contribution is 6.26. The molecule has 0 amide bonds. The van der Waals surface area contributed by atoms with E-state index < -0.39 is 0 Å². The van der Waals surface area contributed by atoms with Crippen LogP contribution in [0.2, 0.25) is 0 Å². The van der Waals surface area contributed by atoms with Crippen LogP contribution in [0, 0.1) is 0 Å². The van der Waals surface area contributed by atoms with Crippen LogP contribution in [0.25, 0.3) is 0 Å². The number of aldehydes is 1. The molecule has 0 aliphatic rings. The predicted octanol–water partition coefficient (Wildman–Crippen LogP) is -0.330. The van der Waals surface area contributed by atoms with Gasteiger partial charge in [-0.15, -0.1) is 0 Å². The first kappa shape index (κ1) is 8.94. The Morgan fingerprint density at radius 1 is 1.70 bits per heavy atom. The maximum Gasteiger partial charge on any atom is 0.188 e. The fraction of sp³-hybridized carbons (Fsp3) is 0.667. The summed E-state index contributed by atoms with van der Waals surface area (Å²) in [5.41, 5.74) is 2.70. The van der Waals surface area contributed by atoms with E-state index in [0.29, 0.717) is 12.1 Å². The Hall–Kier alpha value is -1.06. The number of amidine groups is 1. The molecule has 0 fully saturated rings. The monoisotopic (exact) mass is 143 g/mol. The molecular formula is C6H13N3O. The lowest BCUT2D eigenvalue weighted by atomic mass is 10.6. The van der Waals surface area contributed by atoms with Crippen LogP contribution in [-0.2, 0) is 4.79 Å². The van der Waals surface area contributed by atoms with Gasteiger partial charge < -0.3 is 10.3 Å². The molecule has 0 atom stereocenters. The van der Waals surface area contributed by atoms with E-state index in [2.05, 4.69) is 10.5 Å². The highest BCUT2D eigenvalue weighted by atomic mass is 16.1. The molecule has 10 heavy (non-hydrogen) atoms. The van der Waals surface area contributed by atoms with Crippen LogP contribution in [0.15, 0.2) is 5.10 Å². The van der Waals surface area contributed by atoms with Crippen LogP contribution in [0.4, 0.5) is 0 Å². The summed E-state index contributed by atoms with van der Waals surface area (Å²) >= 11 is 0. The van der Waals surface area contributed by atoms with Crippen LogP contribution < -0.4 is 5.43 Å². The van der Waals surface area contributed by atoms with Crippen molar-refractivity contribution in [3.05, 3.63) is 0 Å². The maximum absolute atomic E-state index is 10.2. The fourth-order valence-corrected chi connectivity index (χ4v) is 0.392. The molecule has 0 heterocycles. The van der Waals surface area contributed by atoms with E-state index in [4.69, 9.17) is 0 Å². The highest BCUT2D eigenvalue weighted by Gasteiger charge is 1.96. The number of carbonyl (C=O) groups is 1. The van der Waals surface area contributed by atoms with Crippen molar-refractivity contribution in [3.63, 3.8) is 0 Å². The molecule has 0 aromatic carbocycles. The van der Waals surface area contributed by atoms with Gasteiger partial charge in [-0.25, -0.2) is 0 Å². The first-order valence-corrected chi connectivity index (χ1v) is 3.15. The van der Waals surface area contributed by atoms with Gasteiger partial charge in [-0.1, -0.05) is 0 Å². The van der Waals surface area contributed by atoms with Crippen molar-refractivity contribution in [1.29, 1.82) is 0 Å². The molecule has 0 aliphatic carbocycles. The van der Waals surface area contributed by atoms with Gasteiger partial charge in [0.25, 0.3) is 0 Å². The normalized spacial score (nSPS) is 10.9. The van der Waals surface area contributed by atoms with E-state index in [9.17, 15) is 4.79 Å². The molecule has 0 aliphatic heterocycles. The Morgan fingerprint density at radius 3 is 2.60 bits per heavy atom. The highest BCUT2D eigenvalue weighted by Crippen LogP contribution is 1.76. The summed E-state index contributed by atoms with van der Waals surface area (Å²) in [6, 6.07) is 0. The molecule has 0 saturated carbocycles. The lowest BCUT2D eigenvalue weighted by Crippen LogP contribution is -2.26. The van der Waals surface area contributed by atoms with Crippen molar-refractivity contribution in [3.8, 4) is 0 Å². The molecule has 0 radical (unpaired) electrons. The minimum atomic E-state index is 0.404. The largest absolute Gasteiger partial charge is 0.359 e. The summed E-state index contributed by atoms with van der Waals surface area (Å²) in [5.74, 6) is 0.404. The summed E-state index contributed by atoms with van der Waals surface area (Å²) in [4.78, 5) is 11.9. The number of nitrogens with zero attached hydrogens (tertiary/aromatic N) is 2. The molecular weight excluding hydrogens is 130 g/mol. The number of likely N-dealkylation sites (N-methyl/N-ethyl adjacent to an activating group) is 1. The fourth-order valence-electron chi connectivity index (χ4n) is 0.392. The number of hydrazone groups is 1. The van der Waals surface area contributed by atoms with Crippen molar-refractivity contribution in [1.82, 2.24) is 10.3 Å². The minimum absolute atomic E-state index is 0.404. The standard InChI is InChI=1S/C6H13N3O/c1-4-7-8-6(5-10)9(2)3/h5,7H,4H2,1-3H3/b8-6+. The summed E-state index contributed by atoms with van der Waals surface area (Å²) < 4.78 is 0. The average Bonchev–Trinajstić information content (AvgIpc) is 1.89. The Kier molecular flexibility index (Phi) is 4.28. The van der Waals surface area contributed by atoms with Crippen LogP contribution in [0.5, 0.6) is 0 Å². The molecule has 0 aromatic heterocycles. The molecule has 1 N–H and O–H groups in total. The first-order chi connectivity index (χ1) is 4.72. The summed E-state index contributed by atoms with van der Waals surface area (Å²) in [6.45, 7) is 2.65. The zero-order valence-electron chi connectivity index (χ0n) is 6.59. The third-order valence-electron chi connectivity index (χ3n) is 0.915. The third kappa shape index (κ3) is 3.06. The molecule has 0 spiro atoms. The van der Waals surface area contributed by atoms with E-state index in [1.165, 1.54) is 0 Å². The van der Waals surface area contributed by atoms with Gasteiger partial charge in [0, 0.05) is 20.6 Å². The minimum Gasteiger partial charge on any atom is -0.359 e. The predicted molar refractivity (Wildman–Crippen MR) is 40.9 cm³/mol. The molecule has 0 bridgehead atoms. The molecule has 4 nitrogen and oxygen atoms in total. The second-order valence-electron chi connectivity index (χ2n) is 1.99. The quantitative estimate of drug-likeness (QED) is 0.255. The van der Waals surface area contributed by atoms with Crippen LogP contribution in [0.3, 0.4) is 0 Å². The van der Waals surface area contributed by atoms with Gasteiger partial charge in [0.15, 0.2) is 12.1 Å². The van der Waals surface area contributed by atoms with Crippen LogP contribution >= 0.6 is 0 Å². The number of hydrogen-bond acceptors (Lipinski definition) is 3. The molecule has 0 rings (SSSR count). The third-order valence-corrected chi connectivity index (χ3v) is 0.915. The lowest BCUT2D eigenvalue weighted by molar-refractivity contribution is -0.103. The van der Waals surface area contributed by atoms with E-state index in [0.717, 1.165) is 6.54 Å². The molecule has 0 unspecified atom stereocenters. The number of rotatable bonds is 3. The zero-order chi connectivity index (χ0) is 7.98. The summed E-state index contributed by atoms with van der Waals surface area (Å²) in [5, 5.41) is 3.78. The maximum atomic E-state index is 10.2. The van der Waals surface area contributed by atoms with Crippen molar-refractivity contribution >= 4 is 12.1 Å². The van der Waals surface area contributed by atoms with Crippen LogP contribution in [0.1, 0.15) is 6.92 Å². The van der Waals surface area contributed by atoms with E-state index in [-0.39, 0.29) is 0 Å². The summed E-state index contributed by atoms with van der Waals surface area (Å²) in [7, 11) is 3.54. The Morgan fingerprint density at radius 2 is 2.30 bits per heavy atom.